The Morgan fingerprint density at radius 3 is 2.52 bits per heavy atom. The van der Waals surface area contributed by atoms with Gasteiger partial charge in [-0.15, -0.1) is 0 Å². The molecular formula is C28H43F. The molecule has 0 nitrogen and oxygen atoms in total. The molecule has 4 rings (SSSR count). The van der Waals surface area contributed by atoms with Crippen LogP contribution in [0.4, 0.5) is 4.39 Å². The summed E-state index contributed by atoms with van der Waals surface area (Å²) in [6.45, 7) is 4.63. The van der Waals surface area contributed by atoms with Gasteiger partial charge >= 0.3 is 0 Å². The summed E-state index contributed by atoms with van der Waals surface area (Å²) in [5, 5.41) is 0. The molecule has 0 heterocycles. The van der Waals surface area contributed by atoms with E-state index in [1.807, 2.05) is 0 Å². The Morgan fingerprint density at radius 1 is 0.862 bits per heavy atom. The average Bonchev–Trinajstić information content (AvgIpc) is 2.76. The highest BCUT2D eigenvalue weighted by atomic mass is 19.1. The van der Waals surface area contributed by atoms with Gasteiger partial charge in [0.1, 0.15) is 5.82 Å². The fourth-order valence-electron chi connectivity index (χ4n) is 6.96. The number of hydrogen-bond acceptors (Lipinski definition) is 0. The zero-order valence-corrected chi connectivity index (χ0v) is 19.0. The third kappa shape index (κ3) is 4.91. The highest BCUT2D eigenvalue weighted by Gasteiger charge is 2.36. The lowest BCUT2D eigenvalue weighted by molar-refractivity contribution is 0.115. The minimum absolute atomic E-state index is 0.192. The van der Waals surface area contributed by atoms with Crippen LogP contribution in [0.5, 0.6) is 0 Å². The molecule has 0 N–H and O–H groups in total. The van der Waals surface area contributed by atoms with E-state index in [1.165, 1.54) is 89.0 Å². The van der Waals surface area contributed by atoms with E-state index >= 15 is 4.39 Å². The number of rotatable bonds is 7. The lowest BCUT2D eigenvalue weighted by atomic mass is 9.63. The summed E-state index contributed by atoms with van der Waals surface area (Å²) in [6.07, 6.45) is 19.4. The minimum Gasteiger partial charge on any atom is -0.206 e. The van der Waals surface area contributed by atoms with E-state index in [2.05, 4.69) is 26.0 Å². The van der Waals surface area contributed by atoms with Crippen molar-refractivity contribution in [3.8, 4) is 0 Å². The average molecular weight is 399 g/mol. The molecule has 0 bridgehead atoms. The van der Waals surface area contributed by atoms with Crippen LogP contribution in [0, 0.1) is 29.5 Å². The second-order valence-corrected chi connectivity index (χ2v) is 10.7. The Labute approximate surface area is 179 Å². The summed E-state index contributed by atoms with van der Waals surface area (Å²) in [7, 11) is 0. The molecule has 0 amide bonds. The Hall–Kier alpha value is -0.850. The van der Waals surface area contributed by atoms with Crippen molar-refractivity contribution in [2.45, 2.75) is 116 Å². The highest BCUT2D eigenvalue weighted by Crippen LogP contribution is 2.49. The number of hydrogen-bond donors (Lipinski definition) is 0. The predicted octanol–water partition coefficient (Wildman–Crippen LogP) is 8.61. The summed E-state index contributed by atoms with van der Waals surface area (Å²) in [4.78, 5) is 0. The molecular weight excluding hydrogens is 355 g/mol. The van der Waals surface area contributed by atoms with Crippen LogP contribution >= 0.6 is 0 Å². The van der Waals surface area contributed by atoms with E-state index in [9.17, 15) is 0 Å². The van der Waals surface area contributed by atoms with E-state index < -0.39 is 0 Å². The fraction of sp³-hybridized carbons (Fsp3) is 0.786. The molecule has 3 aliphatic carbocycles. The number of halogens is 1. The number of fused-ring (bicyclic) bond motifs is 2. The first-order chi connectivity index (χ1) is 14.2. The summed E-state index contributed by atoms with van der Waals surface area (Å²) < 4.78 is 15.6. The first-order valence-electron chi connectivity index (χ1n) is 13.0. The monoisotopic (exact) mass is 398 g/mol. The van der Waals surface area contributed by atoms with Gasteiger partial charge < -0.3 is 0 Å². The van der Waals surface area contributed by atoms with Gasteiger partial charge in [0.15, 0.2) is 0 Å². The maximum Gasteiger partial charge on any atom is 0.130 e. The van der Waals surface area contributed by atoms with Crippen LogP contribution in [-0.4, -0.2) is 0 Å². The third-order valence-corrected chi connectivity index (χ3v) is 8.89. The van der Waals surface area contributed by atoms with Crippen LogP contribution in [0.3, 0.4) is 0 Å². The molecule has 0 radical (unpaired) electrons. The lowest BCUT2D eigenvalue weighted by Gasteiger charge is -2.42. The Bertz CT molecular complexity index is 663. The SMILES string of the molecule is CCCCCCC1CCc2c(ccc(C3CCC4CC(CC)CCC4C3)c2F)C1. The van der Waals surface area contributed by atoms with Gasteiger partial charge in [-0.2, -0.15) is 0 Å². The van der Waals surface area contributed by atoms with Crippen molar-refractivity contribution in [1.82, 2.24) is 0 Å². The number of benzene rings is 1. The Morgan fingerprint density at radius 2 is 1.69 bits per heavy atom. The molecule has 1 heteroatoms. The molecule has 1 aromatic rings. The van der Waals surface area contributed by atoms with Gasteiger partial charge in [0.05, 0.1) is 0 Å². The molecule has 5 unspecified atom stereocenters. The van der Waals surface area contributed by atoms with Crippen molar-refractivity contribution >= 4 is 0 Å². The molecule has 0 aliphatic heterocycles. The van der Waals surface area contributed by atoms with Gasteiger partial charge in [-0.1, -0.05) is 70.9 Å². The topological polar surface area (TPSA) is 0 Å². The quantitative estimate of drug-likeness (QED) is 0.403. The van der Waals surface area contributed by atoms with E-state index in [4.69, 9.17) is 0 Å². The Kier molecular flexibility index (Phi) is 7.35. The maximum atomic E-state index is 15.6. The first kappa shape index (κ1) is 21.4. The molecule has 0 aromatic heterocycles. The second-order valence-electron chi connectivity index (χ2n) is 10.7. The standard InChI is InChI=1S/C28H43F/c1-3-5-6-7-8-21-10-15-26-24(18-21)14-16-27(28(26)29)25-13-12-22-17-20(4-2)9-11-23(22)19-25/h14,16,20-23,25H,3-13,15,17-19H2,1-2H3. The zero-order valence-electron chi connectivity index (χ0n) is 19.0. The molecule has 2 saturated carbocycles. The third-order valence-electron chi connectivity index (χ3n) is 8.89. The van der Waals surface area contributed by atoms with Crippen LogP contribution in [0.15, 0.2) is 12.1 Å². The first-order valence-corrected chi connectivity index (χ1v) is 13.0. The molecule has 0 spiro atoms. The van der Waals surface area contributed by atoms with Gasteiger partial charge in [0.25, 0.3) is 0 Å². The largest absolute Gasteiger partial charge is 0.206 e. The van der Waals surface area contributed by atoms with Gasteiger partial charge in [0.2, 0.25) is 0 Å². The van der Waals surface area contributed by atoms with Gasteiger partial charge in [0, 0.05) is 0 Å². The van der Waals surface area contributed by atoms with Crippen molar-refractivity contribution in [3.05, 3.63) is 34.6 Å². The summed E-state index contributed by atoms with van der Waals surface area (Å²) in [5.41, 5.74) is 3.49. The van der Waals surface area contributed by atoms with Crippen molar-refractivity contribution in [1.29, 1.82) is 0 Å². The van der Waals surface area contributed by atoms with Crippen LogP contribution in [-0.2, 0) is 12.8 Å². The Balaban J connectivity index is 1.38. The van der Waals surface area contributed by atoms with Gasteiger partial charge in [-0.3, -0.25) is 0 Å². The molecule has 5 atom stereocenters. The van der Waals surface area contributed by atoms with Crippen molar-refractivity contribution in [2.75, 3.05) is 0 Å². The molecule has 29 heavy (non-hydrogen) atoms. The smallest absolute Gasteiger partial charge is 0.130 e. The normalized spacial score (nSPS) is 31.9. The van der Waals surface area contributed by atoms with E-state index in [1.54, 1.807) is 0 Å². The summed E-state index contributed by atoms with van der Waals surface area (Å²) in [5.74, 6) is 4.21. The van der Waals surface area contributed by atoms with Crippen molar-refractivity contribution < 1.29 is 4.39 Å². The lowest BCUT2D eigenvalue weighted by Crippen LogP contribution is -2.30. The van der Waals surface area contributed by atoms with Crippen LogP contribution in [0.2, 0.25) is 0 Å². The molecule has 1 aromatic carbocycles. The number of unbranched alkanes of at least 4 members (excludes halogenated alkanes) is 3. The fourth-order valence-corrected chi connectivity index (χ4v) is 6.96. The van der Waals surface area contributed by atoms with Gasteiger partial charge in [-0.05, 0) is 97.6 Å². The van der Waals surface area contributed by atoms with Crippen molar-refractivity contribution in [3.63, 3.8) is 0 Å². The van der Waals surface area contributed by atoms with Crippen LogP contribution < -0.4 is 0 Å². The van der Waals surface area contributed by atoms with Crippen molar-refractivity contribution in [2.24, 2.45) is 23.7 Å². The summed E-state index contributed by atoms with van der Waals surface area (Å²) >= 11 is 0. The molecule has 2 fully saturated rings. The zero-order chi connectivity index (χ0) is 20.2. The summed E-state index contributed by atoms with van der Waals surface area (Å²) in [6, 6.07) is 4.50. The maximum absolute atomic E-state index is 15.6. The molecule has 0 saturated heterocycles. The second kappa shape index (κ2) is 9.97. The van der Waals surface area contributed by atoms with E-state index in [0.717, 1.165) is 47.6 Å². The van der Waals surface area contributed by atoms with Gasteiger partial charge in [-0.25, -0.2) is 4.39 Å². The van der Waals surface area contributed by atoms with Crippen LogP contribution in [0.1, 0.15) is 120 Å². The minimum atomic E-state index is 0.192. The van der Waals surface area contributed by atoms with E-state index in [-0.39, 0.29) is 5.82 Å². The molecule has 3 aliphatic rings. The predicted molar refractivity (Wildman–Crippen MR) is 122 cm³/mol. The van der Waals surface area contributed by atoms with Crippen LogP contribution in [0.25, 0.3) is 0 Å². The molecule has 162 valence electrons. The van der Waals surface area contributed by atoms with E-state index in [0.29, 0.717) is 5.92 Å². The highest BCUT2D eigenvalue weighted by molar-refractivity contribution is 5.38.